The van der Waals surface area contributed by atoms with Crippen LogP contribution in [0.1, 0.15) is 219 Å². The van der Waals surface area contributed by atoms with Crippen LogP contribution >= 0.6 is 0 Å². The van der Waals surface area contributed by atoms with E-state index in [-0.39, 0.29) is 25.2 Å². The van der Waals surface area contributed by atoms with Gasteiger partial charge in [0.1, 0.15) is 6.61 Å². The lowest BCUT2D eigenvalue weighted by Gasteiger charge is -2.15. The normalized spacial score (nSPS) is 13.5. The van der Waals surface area contributed by atoms with Gasteiger partial charge in [-0.2, -0.15) is 0 Å². The molecule has 0 amide bonds. The number of ether oxygens (including phenoxy) is 2. The number of carbonyl (C=O) groups excluding carboxylic acids is 2. The molecule has 0 aliphatic heterocycles. The Morgan fingerprint density at radius 2 is 0.556 bits per heavy atom. The number of carbonyl (C=O) groups is 2. The molecule has 5 nitrogen and oxygen atoms in total. The first-order valence-corrected chi connectivity index (χ1v) is 28.7. The summed E-state index contributed by atoms with van der Waals surface area (Å²) in [4.78, 5) is 24.5. The van der Waals surface area contributed by atoms with E-state index >= 15 is 0 Å². The third-order valence-electron chi connectivity index (χ3n) is 11.5. The van der Waals surface area contributed by atoms with Gasteiger partial charge in [-0.3, -0.25) is 9.59 Å². The second-order valence-electron chi connectivity index (χ2n) is 18.2. The molecule has 0 fully saturated rings. The molecule has 0 aromatic heterocycles. The number of hydrogen-bond donors (Lipinski definition) is 1. The minimum atomic E-state index is -0.798. The fraction of sp³-hybridized carbons (Fsp3) is 0.552. The highest BCUT2D eigenvalue weighted by Crippen LogP contribution is 2.13. The maximum absolute atomic E-state index is 12.3. The Kier molecular flexibility index (Phi) is 56.6. The molecule has 402 valence electrons. The highest BCUT2D eigenvalue weighted by atomic mass is 16.6. The number of aliphatic hydroxyl groups is 1. The quantitative estimate of drug-likeness (QED) is 0.0373. The van der Waals surface area contributed by atoms with Gasteiger partial charge in [-0.1, -0.05) is 248 Å². The predicted molar refractivity (Wildman–Crippen MR) is 315 cm³/mol. The second kappa shape index (κ2) is 60.6. The number of unbranched alkanes of at least 4 members (excludes halogenated alkanes) is 14. The van der Waals surface area contributed by atoms with Crippen LogP contribution in [-0.2, 0) is 19.1 Å². The molecule has 0 aromatic carbocycles. The van der Waals surface area contributed by atoms with Gasteiger partial charge in [0.2, 0.25) is 0 Å². The first kappa shape index (κ1) is 67.3. The molecular formula is C67H104O5. The van der Waals surface area contributed by atoms with Crippen molar-refractivity contribution in [1.82, 2.24) is 0 Å². The first-order chi connectivity index (χ1) is 35.6. The lowest BCUT2D eigenvalue weighted by Crippen LogP contribution is -2.28. The molecule has 0 saturated carbocycles. The van der Waals surface area contributed by atoms with Crippen molar-refractivity contribution in [1.29, 1.82) is 0 Å². The second-order valence-corrected chi connectivity index (χ2v) is 18.2. The summed E-state index contributed by atoms with van der Waals surface area (Å²) in [6.45, 7) is 3.88. The van der Waals surface area contributed by atoms with Crippen LogP contribution in [0.15, 0.2) is 170 Å². The van der Waals surface area contributed by atoms with Gasteiger partial charge >= 0.3 is 11.9 Å². The van der Waals surface area contributed by atoms with Crippen LogP contribution in [0.4, 0.5) is 0 Å². The Hall–Kier alpha value is -4.74. The third kappa shape index (κ3) is 57.8. The van der Waals surface area contributed by atoms with Crippen LogP contribution in [-0.4, -0.2) is 36.4 Å². The van der Waals surface area contributed by atoms with Crippen molar-refractivity contribution in [3.8, 4) is 0 Å². The highest BCUT2D eigenvalue weighted by molar-refractivity contribution is 5.70. The summed E-state index contributed by atoms with van der Waals surface area (Å²) in [5.74, 6) is -0.630. The van der Waals surface area contributed by atoms with E-state index in [2.05, 4.69) is 184 Å². The lowest BCUT2D eigenvalue weighted by atomic mass is 10.1. The summed E-state index contributed by atoms with van der Waals surface area (Å²) < 4.78 is 10.7. The Bertz CT molecular complexity index is 1640. The number of aliphatic hydroxyl groups excluding tert-OH is 1. The van der Waals surface area contributed by atoms with Crippen molar-refractivity contribution in [2.45, 2.75) is 225 Å². The van der Waals surface area contributed by atoms with Crippen LogP contribution in [0.25, 0.3) is 0 Å². The predicted octanol–water partition coefficient (Wildman–Crippen LogP) is 19.7. The van der Waals surface area contributed by atoms with Crippen LogP contribution < -0.4 is 0 Å². The van der Waals surface area contributed by atoms with Gasteiger partial charge in [-0.25, -0.2) is 0 Å². The van der Waals surface area contributed by atoms with Gasteiger partial charge < -0.3 is 14.6 Å². The Morgan fingerprint density at radius 3 is 0.833 bits per heavy atom. The van der Waals surface area contributed by atoms with Crippen molar-refractivity contribution in [3.63, 3.8) is 0 Å². The molecule has 72 heavy (non-hydrogen) atoms. The molecule has 0 aromatic rings. The van der Waals surface area contributed by atoms with Gasteiger partial charge in [-0.15, -0.1) is 0 Å². The van der Waals surface area contributed by atoms with Crippen LogP contribution in [0.3, 0.4) is 0 Å². The molecule has 0 saturated heterocycles. The number of esters is 2. The van der Waals surface area contributed by atoms with E-state index in [4.69, 9.17) is 9.47 Å². The molecule has 1 atom stereocenters. The van der Waals surface area contributed by atoms with Gasteiger partial charge in [0.05, 0.1) is 6.61 Å². The average molecular weight is 990 g/mol. The fourth-order valence-corrected chi connectivity index (χ4v) is 7.28. The first-order valence-electron chi connectivity index (χ1n) is 28.7. The van der Waals surface area contributed by atoms with E-state index in [9.17, 15) is 14.7 Å². The zero-order valence-electron chi connectivity index (χ0n) is 45.9. The molecule has 0 radical (unpaired) electrons. The summed E-state index contributed by atoms with van der Waals surface area (Å²) in [6, 6.07) is 0. The van der Waals surface area contributed by atoms with Crippen molar-refractivity contribution in [3.05, 3.63) is 170 Å². The van der Waals surface area contributed by atoms with E-state index in [1.54, 1.807) is 0 Å². The molecule has 0 aliphatic rings. The summed E-state index contributed by atoms with van der Waals surface area (Å²) >= 11 is 0. The van der Waals surface area contributed by atoms with E-state index in [1.165, 1.54) is 51.4 Å². The molecule has 0 rings (SSSR count). The van der Waals surface area contributed by atoms with Crippen molar-refractivity contribution in [2.75, 3.05) is 13.2 Å². The summed E-state index contributed by atoms with van der Waals surface area (Å²) in [5, 5.41) is 9.66. The molecule has 0 bridgehead atoms. The van der Waals surface area contributed by atoms with Gasteiger partial charge in [0.25, 0.3) is 0 Å². The molecule has 0 heterocycles. The lowest BCUT2D eigenvalue weighted by molar-refractivity contribution is -0.161. The fourth-order valence-electron chi connectivity index (χ4n) is 7.28. The van der Waals surface area contributed by atoms with Gasteiger partial charge in [0.15, 0.2) is 6.10 Å². The van der Waals surface area contributed by atoms with Gasteiger partial charge in [0, 0.05) is 12.8 Å². The molecule has 5 heteroatoms. The van der Waals surface area contributed by atoms with Crippen LogP contribution in [0.2, 0.25) is 0 Å². The maximum Gasteiger partial charge on any atom is 0.306 e. The van der Waals surface area contributed by atoms with Gasteiger partial charge in [-0.05, 0) is 128 Å². The van der Waals surface area contributed by atoms with E-state index in [1.807, 2.05) is 0 Å². The Morgan fingerprint density at radius 1 is 0.319 bits per heavy atom. The molecule has 1 N–H and O–H groups in total. The average Bonchev–Trinajstić information content (AvgIpc) is 3.38. The number of rotatable bonds is 50. The third-order valence-corrected chi connectivity index (χ3v) is 11.5. The minimum absolute atomic E-state index is 0.0890. The molecule has 0 spiro atoms. The maximum atomic E-state index is 12.3. The number of allylic oxidation sites excluding steroid dienone is 28. The molecular weight excluding hydrogens is 885 g/mol. The van der Waals surface area contributed by atoms with Crippen molar-refractivity contribution in [2.24, 2.45) is 0 Å². The van der Waals surface area contributed by atoms with E-state index < -0.39 is 6.10 Å². The van der Waals surface area contributed by atoms with E-state index in [0.717, 1.165) is 141 Å². The number of hydrogen-bond acceptors (Lipinski definition) is 5. The highest BCUT2D eigenvalue weighted by Gasteiger charge is 2.16. The topological polar surface area (TPSA) is 72.8 Å². The largest absolute Gasteiger partial charge is 0.462 e. The van der Waals surface area contributed by atoms with Crippen molar-refractivity contribution >= 4 is 11.9 Å². The summed E-state index contributed by atoms with van der Waals surface area (Å²) in [6.07, 6.45) is 94.5. The van der Waals surface area contributed by atoms with Crippen LogP contribution in [0.5, 0.6) is 0 Å². The van der Waals surface area contributed by atoms with Crippen molar-refractivity contribution < 1.29 is 24.2 Å². The standard InChI is InChI=1S/C67H104O5/c1-3-5-7-9-11-13-15-17-19-21-23-25-27-29-30-31-32-33-34-35-36-38-40-42-44-46-48-50-52-54-56-58-60-62-67(70)72-65(63-68)64-71-66(69)61-59-57-55-53-51-49-47-45-43-41-39-37-28-26-24-22-20-18-16-14-12-10-8-6-4-2/h5-8,11-14,17-20,23-26,29-30,32-33,35-37,39-40,42-43,45,65,68H,3-4,9-10,15-16,21-22,27-28,31,34,38,41,44,46-64H2,1-2H3/b7-5-,8-6-,13-11-,14-12-,19-17-,20-18-,25-23-,26-24-,30-29-,33-32-,36-35-,39-37-,42-40-,45-43-. The van der Waals surface area contributed by atoms with E-state index in [0.29, 0.717) is 12.8 Å². The summed E-state index contributed by atoms with van der Waals surface area (Å²) in [5.41, 5.74) is 0. The molecule has 0 aliphatic carbocycles. The Balaban J connectivity index is 3.64. The zero-order chi connectivity index (χ0) is 52.0. The smallest absolute Gasteiger partial charge is 0.306 e. The monoisotopic (exact) mass is 989 g/mol. The van der Waals surface area contributed by atoms with Crippen LogP contribution in [0, 0.1) is 0 Å². The SMILES string of the molecule is CC/C=C\C/C=C\C/C=C\C/C=C\C/C=C\C/C=C\C/C=C\C/C=C\CCCCCCCCCCC(=O)OC(CO)COC(=O)CCCCCCCC/C=C\C/C=C\C/C=C\C/C=C\C/C=C\C/C=C\CC. The summed E-state index contributed by atoms with van der Waals surface area (Å²) in [7, 11) is 0. The molecule has 1 unspecified atom stereocenters. The minimum Gasteiger partial charge on any atom is -0.462 e. The zero-order valence-corrected chi connectivity index (χ0v) is 45.9. The Labute approximate surface area is 443 Å².